The fraction of sp³-hybridized carbons (Fsp3) is 0.391. The van der Waals surface area contributed by atoms with Gasteiger partial charge in [-0.1, -0.05) is 30.3 Å². The zero-order chi connectivity index (χ0) is 20.9. The third-order valence-electron chi connectivity index (χ3n) is 6.04. The minimum atomic E-state index is -0.910. The molecule has 30 heavy (non-hydrogen) atoms. The lowest BCUT2D eigenvalue weighted by Gasteiger charge is -2.28. The normalized spacial score (nSPS) is 24.5. The van der Waals surface area contributed by atoms with Crippen LogP contribution in [0.3, 0.4) is 0 Å². The van der Waals surface area contributed by atoms with Gasteiger partial charge in [-0.3, -0.25) is 5.43 Å². The molecule has 2 fully saturated rings. The van der Waals surface area contributed by atoms with E-state index in [-0.39, 0.29) is 12.2 Å². The van der Waals surface area contributed by atoms with Crippen molar-refractivity contribution in [3.05, 3.63) is 65.7 Å². The number of rotatable bonds is 8. The third-order valence-corrected chi connectivity index (χ3v) is 6.04. The van der Waals surface area contributed by atoms with Gasteiger partial charge in [0.15, 0.2) is 0 Å². The van der Waals surface area contributed by atoms with Gasteiger partial charge in [-0.05, 0) is 61.4 Å². The maximum Gasteiger partial charge on any atom is 0.427 e. The molecular formula is C23H26N2O5. The third kappa shape index (κ3) is 4.80. The van der Waals surface area contributed by atoms with E-state index < -0.39 is 12.1 Å². The molecular weight excluding hydrogens is 384 g/mol. The van der Waals surface area contributed by atoms with Crippen LogP contribution in [0.15, 0.2) is 54.6 Å². The number of para-hydroxylation sites is 1. The maximum atomic E-state index is 11.9. The monoisotopic (exact) mass is 410 g/mol. The SMILES string of the molecule is O=C(NNC[C@@H]1[C@@H](CCc2ccc(C(=O)O)cc2)[C@H]2CC[C@@H]1O2)Oc1ccccc1. The molecule has 0 aromatic heterocycles. The van der Waals surface area contributed by atoms with Gasteiger partial charge in [0.25, 0.3) is 0 Å². The van der Waals surface area contributed by atoms with Crippen molar-refractivity contribution in [2.75, 3.05) is 6.54 Å². The molecule has 1 amide bonds. The summed E-state index contributed by atoms with van der Waals surface area (Å²) < 4.78 is 11.3. The lowest BCUT2D eigenvalue weighted by atomic mass is 9.76. The van der Waals surface area contributed by atoms with Gasteiger partial charge in [-0.15, -0.1) is 0 Å². The van der Waals surface area contributed by atoms with E-state index in [0.717, 1.165) is 31.2 Å². The number of nitrogens with one attached hydrogen (secondary N) is 2. The smallest absolute Gasteiger partial charge is 0.427 e. The lowest BCUT2D eigenvalue weighted by Crippen LogP contribution is -2.45. The van der Waals surface area contributed by atoms with Gasteiger partial charge in [0.2, 0.25) is 0 Å². The van der Waals surface area contributed by atoms with Gasteiger partial charge >= 0.3 is 12.1 Å². The predicted octanol–water partition coefficient (Wildman–Crippen LogP) is 3.40. The molecule has 2 aliphatic rings. The molecule has 2 aromatic rings. The Bertz CT molecular complexity index is 871. The zero-order valence-corrected chi connectivity index (χ0v) is 16.6. The van der Waals surface area contributed by atoms with E-state index in [2.05, 4.69) is 10.9 Å². The minimum Gasteiger partial charge on any atom is -0.478 e. The molecule has 2 aliphatic heterocycles. The number of hydrazine groups is 1. The molecule has 0 aliphatic carbocycles. The van der Waals surface area contributed by atoms with Gasteiger partial charge in [0.1, 0.15) is 5.75 Å². The number of fused-ring (bicyclic) bond motifs is 2. The van der Waals surface area contributed by atoms with Crippen LogP contribution in [0.25, 0.3) is 0 Å². The van der Waals surface area contributed by atoms with E-state index in [9.17, 15) is 9.59 Å². The average Bonchev–Trinajstić information content (AvgIpc) is 3.35. The topological polar surface area (TPSA) is 96.9 Å². The Morgan fingerprint density at radius 1 is 1.00 bits per heavy atom. The second kappa shape index (κ2) is 9.28. The number of carbonyl (C=O) groups excluding carboxylic acids is 1. The van der Waals surface area contributed by atoms with Crippen molar-refractivity contribution < 1.29 is 24.2 Å². The molecule has 4 atom stereocenters. The number of hydrogen-bond donors (Lipinski definition) is 3. The first kappa shape index (κ1) is 20.4. The molecule has 2 bridgehead atoms. The van der Waals surface area contributed by atoms with Gasteiger partial charge < -0.3 is 14.6 Å². The number of aryl methyl sites for hydroxylation is 1. The zero-order valence-electron chi connectivity index (χ0n) is 16.6. The summed E-state index contributed by atoms with van der Waals surface area (Å²) >= 11 is 0. The van der Waals surface area contributed by atoms with E-state index in [1.165, 1.54) is 0 Å². The molecule has 158 valence electrons. The van der Waals surface area contributed by atoms with Gasteiger partial charge in [-0.25, -0.2) is 15.0 Å². The number of carbonyl (C=O) groups is 2. The quantitative estimate of drug-likeness (QED) is 0.577. The molecule has 2 aromatic carbocycles. The van der Waals surface area contributed by atoms with Gasteiger partial charge in [0, 0.05) is 12.5 Å². The average molecular weight is 410 g/mol. The van der Waals surface area contributed by atoms with Crippen LogP contribution >= 0.6 is 0 Å². The Hall–Kier alpha value is -2.90. The van der Waals surface area contributed by atoms with Crippen LogP contribution in [0.4, 0.5) is 4.79 Å². The van der Waals surface area contributed by atoms with E-state index in [1.807, 2.05) is 30.3 Å². The van der Waals surface area contributed by atoms with Crippen molar-refractivity contribution in [1.29, 1.82) is 0 Å². The Kier molecular flexibility index (Phi) is 6.30. The predicted molar refractivity (Wildman–Crippen MR) is 110 cm³/mol. The van der Waals surface area contributed by atoms with E-state index >= 15 is 0 Å². The first-order chi connectivity index (χ1) is 14.6. The summed E-state index contributed by atoms with van der Waals surface area (Å²) in [6, 6.07) is 16.0. The van der Waals surface area contributed by atoms with Crippen molar-refractivity contribution in [1.82, 2.24) is 10.9 Å². The van der Waals surface area contributed by atoms with Gasteiger partial charge in [0.05, 0.1) is 17.8 Å². The summed E-state index contributed by atoms with van der Waals surface area (Å²) in [6.07, 6.45) is 3.90. The number of benzene rings is 2. The molecule has 0 radical (unpaired) electrons. The highest BCUT2D eigenvalue weighted by Crippen LogP contribution is 2.45. The lowest BCUT2D eigenvalue weighted by molar-refractivity contribution is 0.0696. The highest BCUT2D eigenvalue weighted by Gasteiger charge is 2.48. The van der Waals surface area contributed by atoms with E-state index in [0.29, 0.717) is 29.7 Å². The van der Waals surface area contributed by atoms with Crippen molar-refractivity contribution >= 4 is 12.1 Å². The molecule has 0 unspecified atom stereocenters. The number of carboxylic acids is 1. The summed E-state index contributed by atoms with van der Waals surface area (Å²) in [7, 11) is 0. The summed E-state index contributed by atoms with van der Waals surface area (Å²) in [5, 5.41) is 9.03. The van der Waals surface area contributed by atoms with Crippen molar-refractivity contribution in [2.24, 2.45) is 11.8 Å². The standard InChI is InChI=1S/C23H26N2O5/c26-22(27)16-9-6-15(7-10-16)8-11-18-19(21-13-12-20(18)30-21)14-24-25-23(28)29-17-4-2-1-3-5-17/h1-7,9-10,18-21,24H,8,11-14H2,(H,25,28)(H,26,27)/t18-,19-,20-,21+/m1/s1. The molecule has 0 spiro atoms. The summed E-state index contributed by atoms with van der Waals surface area (Å²) in [6.45, 7) is 0.619. The van der Waals surface area contributed by atoms with Crippen molar-refractivity contribution in [3.63, 3.8) is 0 Å². The van der Waals surface area contributed by atoms with Crippen molar-refractivity contribution in [3.8, 4) is 5.75 Å². The Labute approximate surface area is 175 Å². The van der Waals surface area contributed by atoms with Crippen molar-refractivity contribution in [2.45, 2.75) is 37.9 Å². The van der Waals surface area contributed by atoms with Crippen LogP contribution in [0, 0.1) is 11.8 Å². The first-order valence-electron chi connectivity index (χ1n) is 10.3. The highest BCUT2D eigenvalue weighted by atomic mass is 16.6. The molecule has 4 rings (SSSR count). The van der Waals surface area contributed by atoms with E-state index in [1.54, 1.807) is 24.3 Å². The second-order valence-electron chi connectivity index (χ2n) is 7.87. The minimum absolute atomic E-state index is 0.217. The molecule has 2 saturated heterocycles. The van der Waals surface area contributed by atoms with Crippen LogP contribution in [-0.2, 0) is 11.2 Å². The van der Waals surface area contributed by atoms with Gasteiger partial charge in [-0.2, -0.15) is 0 Å². The number of hydrogen-bond acceptors (Lipinski definition) is 5. The number of amides is 1. The molecule has 7 nitrogen and oxygen atoms in total. The maximum absolute atomic E-state index is 11.9. The Morgan fingerprint density at radius 3 is 2.40 bits per heavy atom. The molecule has 0 saturated carbocycles. The number of ether oxygens (including phenoxy) is 2. The fourth-order valence-electron chi connectivity index (χ4n) is 4.56. The Balaban J connectivity index is 1.27. The highest BCUT2D eigenvalue weighted by molar-refractivity contribution is 5.87. The van der Waals surface area contributed by atoms with Crippen LogP contribution in [0.2, 0.25) is 0 Å². The molecule has 3 N–H and O–H groups in total. The summed E-state index contributed by atoms with van der Waals surface area (Å²) in [5.74, 6) is 0.306. The molecule has 7 heteroatoms. The Morgan fingerprint density at radius 2 is 1.70 bits per heavy atom. The van der Waals surface area contributed by atoms with Crippen LogP contribution in [0.1, 0.15) is 35.2 Å². The first-order valence-corrected chi connectivity index (χ1v) is 10.3. The number of carboxylic acid groups (broad SMARTS) is 1. The fourth-order valence-corrected chi connectivity index (χ4v) is 4.56. The van der Waals surface area contributed by atoms with Crippen LogP contribution in [0.5, 0.6) is 5.75 Å². The number of aromatic carboxylic acids is 1. The summed E-state index contributed by atoms with van der Waals surface area (Å²) in [5.41, 5.74) is 7.04. The van der Waals surface area contributed by atoms with Crippen LogP contribution in [-0.4, -0.2) is 35.9 Å². The van der Waals surface area contributed by atoms with E-state index in [4.69, 9.17) is 14.6 Å². The molecule has 2 heterocycles. The summed E-state index contributed by atoms with van der Waals surface area (Å²) in [4.78, 5) is 22.9. The second-order valence-corrected chi connectivity index (χ2v) is 7.87. The largest absolute Gasteiger partial charge is 0.478 e. The van der Waals surface area contributed by atoms with Crippen LogP contribution < -0.4 is 15.6 Å².